The van der Waals surface area contributed by atoms with E-state index in [0.29, 0.717) is 0 Å². The monoisotopic (exact) mass is 443 g/mol. The molecule has 2 aromatic rings. The minimum atomic E-state index is -4.69. The molecule has 102 valence electrons. The topological polar surface area (TPSA) is 9.23 Å². The van der Waals surface area contributed by atoms with E-state index in [-0.39, 0.29) is 21.2 Å². The first-order chi connectivity index (χ1) is 9.11. The van der Waals surface area contributed by atoms with E-state index in [1.54, 1.807) is 7.11 Å². The van der Waals surface area contributed by atoms with Crippen LogP contribution < -0.4 is 25.9 Å². The fraction of sp³-hybridized carbons (Fsp3) is 0.0769. The number of benzene rings is 2. The molecule has 0 bridgehead atoms. The van der Waals surface area contributed by atoms with Crippen LogP contribution in [0.15, 0.2) is 54.6 Å². The summed E-state index contributed by atoms with van der Waals surface area (Å²) < 4.78 is 37.4. The van der Waals surface area contributed by atoms with Crippen molar-refractivity contribution in [3.8, 4) is 5.75 Å². The Kier molecular flexibility index (Phi) is 7.98. The van der Waals surface area contributed by atoms with Gasteiger partial charge in [-0.15, -0.1) is 0 Å². The number of rotatable bonds is 3. The van der Waals surface area contributed by atoms with Gasteiger partial charge in [-0.05, 0) is 36.4 Å². The third kappa shape index (κ3) is 7.47. The maximum atomic E-state index is 9.81. The first-order valence-corrected chi connectivity index (χ1v) is 9.51. The van der Waals surface area contributed by atoms with Crippen LogP contribution in [0.5, 0.6) is 5.75 Å². The summed E-state index contributed by atoms with van der Waals surface area (Å²) >= 11 is -4.73. The van der Waals surface area contributed by atoms with Crippen molar-refractivity contribution < 1.29 is 36.3 Å². The Hall–Kier alpha value is -0.682. The van der Waals surface area contributed by atoms with Gasteiger partial charge in [0.05, 0.1) is 7.11 Å². The molecule has 0 aromatic heterocycles. The SMILES string of the molecule is COc1ccc([I+]c2ccccc2)cc1.F[As](F)F. The molecule has 0 radical (unpaired) electrons. The molecule has 0 amide bonds. The average molecular weight is 443 g/mol. The van der Waals surface area contributed by atoms with Crippen molar-refractivity contribution in [3.05, 3.63) is 61.7 Å². The number of methoxy groups -OCH3 is 1. The second kappa shape index (κ2) is 9.26. The fourth-order valence-corrected chi connectivity index (χ4v) is 3.45. The maximum absolute atomic E-state index is 9.81. The molecular formula is C13H12AsF3IO+. The Bertz CT molecular complexity index is 462. The molecule has 19 heavy (non-hydrogen) atoms. The summed E-state index contributed by atoms with van der Waals surface area (Å²) in [5.41, 5.74) is 0. The van der Waals surface area contributed by atoms with Crippen molar-refractivity contribution >= 4 is 16.1 Å². The van der Waals surface area contributed by atoms with Gasteiger partial charge in [0.25, 0.3) is 0 Å². The Morgan fingerprint density at radius 2 is 1.32 bits per heavy atom. The quantitative estimate of drug-likeness (QED) is 0.502. The second-order valence-corrected chi connectivity index (χ2v) is 7.07. The van der Waals surface area contributed by atoms with Crippen LogP contribution in [0.3, 0.4) is 0 Å². The van der Waals surface area contributed by atoms with E-state index in [0.717, 1.165) is 5.75 Å². The van der Waals surface area contributed by atoms with Gasteiger partial charge in [-0.1, -0.05) is 18.2 Å². The van der Waals surface area contributed by atoms with Crippen LogP contribution >= 0.6 is 0 Å². The van der Waals surface area contributed by atoms with Gasteiger partial charge in [-0.3, -0.25) is 0 Å². The van der Waals surface area contributed by atoms with Gasteiger partial charge in [0, 0.05) is 0 Å². The summed E-state index contributed by atoms with van der Waals surface area (Å²) in [4.78, 5) is 0. The summed E-state index contributed by atoms with van der Waals surface area (Å²) in [7, 11) is 1.70. The molecule has 0 saturated carbocycles. The average Bonchev–Trinajstić information content (AvgIpc) is 2.40. The normalized spacial score (nSPS) is 9.74. The van der Waals surface area contributed by atoms with Crippen molar-refractivity contribution in [2.75, 3.05) is 7.11 Å². The molecule has 0 N–H and O–H groups in total. The second-order valence-electron chi connectivity index (χ2n) is 3.24. The Labute approximate surface area is 126 Å². The number of hydrogen-bond acceptors (Lipinski definition) is 1. The summed E-state index contributed by atoms with van der Waals surface area (Å²) in [6.07, 6.45) is 0. The van der Waals surface area contributed by atoms with Gasteiger partial charge >= 0.3 is 47.7 Å². The van der Waals surface area contributed by atoms with Crippen molar-refractivity contribution in [2.24, 2.45) is 0 Å². The van der Waals surface area contributed by atoms with Crippen LogP contribution in [0.4, 0.5) is 10.4 Å². The van der Waals surface area contributed by atoms with Gasteiger partial charge in [0.2, 0.25) is 0 Å². The van der Waals surface area contributed by atoms with Crippen molar-refractivity contribution in [1.29, 1.82) is 0 Å². The molecule has 2 rings (SSSR count). The van der Waals surface area contributed by atoms with Crippen LogP contribution in [0.2, 0.25) is 0 Å². The molecule has 0 aliphatic heterocycles. The van der Waals surface area contributed by atoms with Crippen LogP contribution in [-0.2, 0) is 0 Å². The summed E-state index contributed by atoms with van der Waals surface area (Å²) in [6.45, 7) is 0. The molecule has 0 aliphatic carbocycles. The molecule has 1 nitrogen and oxygen atoms in total. The van der Waals surface area contributed by atoms with Gasteiger partial charge in [-0.25, -0.2) is 0 Å². The van der Waals surface area contributed by atoms with E-state index >= 15 is 0 Å². The first kappa shape index (κ1) is 16.4. The van der Waals surface area contributed by atoms with E-state index < -0.39 is 16.1 Å². The first-order valence-electron chi connectivity index (χ1n) is 5.23. The molecule has 0 saturated heterocycles. The van der Waals surface area contributed by atoms with E-state index in [1.807, 2.05) is 12.1 Å². The summed E-state index contributed by atoms with van der Waals surface area (Å²) in [5.74, 6) is 0.927. The number of hydrogen-bond donors (Lipinski definition) is 0. The van der Waals surface area contributed by atoms with Crippen LogP contribution in [0.25, 0.3) is 0 Å². The van der Waals surface area contributed by atoms with Gasteiger partial charge in [0.15, 0.2) is 7.14 Å². The minimum absolute atomic E-state index is 0.0449. The van der Waals surface area contributed by atoms with Gasteiger partial charge < -0.3 is 4.74 Å². The number of halogens is 4. The standard InChI is InChI=1S/C13H12IO.AsF3/c1-15-13-9-7-12(8-10-13)14-11-5-3-2-4-6-11;2-1(3)4/h2-10H,1H3;/q+1;. The van der Waals surface area contributed by atoms with Crippen molar-refractivity contribution in [3.63, 3.8) is 0 Å². The van der Waals surface area contributed by atoms with Crippen molar-refractivity contribution in [1.82, 2.24) is 0 Å². The van der Waals surface area contributed by atoms with Gasteiger partial charge in [-0.2, -0.15) is 0 Å². The molecule has 0 fully saturated rings. The zero-order valence-electron chi connectivity index (χ0n) is 10.1. The summed E-state index contributed by atoms with van der Waals surface area (Å²) in [5, 5.41) is 0. The van der Waals surface area contributed by atoms with E-state index in [4.69, 9.17) is 4.74 Å². The molecular weight excluding hydrogens is 431 g/mol. The predicted octanol–water partition coefficient (Wildman–Crippen LogP) is 0.703. The van der Waals surface area contributed by atoms with Crippen LogP contribution in [0, 0.1) is 7.14 Å². The Morgan fingerprint density at radius 1 is 0.842 bits per heavy atom. The van der Waals surface area contributed by atoms with E-state index in [9.17, 15) is 10.4 Å². The molecule has 0 unspecified atom stereocenters. The molecule has 0 spiro atoms. The van der Waals surface area contributed by atoms with Crippen LogP contribution in [0.1, 0.15) is 0 Å². The van der Waals surface area contributed by atoms with Crippen LogP contribution in [-0.4, -0.2) is 23.2 Å². The predicted molar refractivity (Wildman–Crippen MR) is 65.9 cm³/mol. The molecule has 6 heteroatoms. The zero-order valence-corrected chi connectivity index (χ0v) is 14.1. The molecule has 0 aliphatic rings. The third-order valence-electron chi connectivity index (χ3n) is 2.00. The Balaban J connectivity index is 0.000000399. The van der Waals surface area contributed by atoms with E-state index in [1.165, 1.54) is 7.14 Å². The molecule has 0 atom stereocenters. The summed E-state index contributed by atoms with van der Waals surface area (Å²) in [6, 6.07) is 19.0. The zero-order chi connectivity index (χ0) is 14.1. The number of ether oxygens (including phenoxy) is 1. The Morgan fingerprint density at radius 3 is 1.79 bits per heavy atom. The van der Waals surface area contributed by atoms with Crippen molar-refractivity contribution in [2.45, 2.75) is 0 Å². The fourth-order valence-electron chi connectivity index (χ4n) is 1.24. The van der Waals surface area contributed by atoms with E-state index in [2.05, 4.69) is 42.5 Å². The third-order valence-corrected chi connectivity index (χ3v) is 4.68. The molecule has 2 aromatic carbocycles. The molecule has 0 heterocycles. The van der Waals surface area contributed by atoms with Gasteiger partial charge in [0.1, 0.15) is 5.75 Å².